The molecule has 0 aromatic heterocycles. The van der Waals surface area contributed by atoms with E-state index < -0.39 is 19.9 Å². The molecule has 0 aliphatic carbocycles. The molecule has 0 bridgehead atoms. The quantitative estimate of drug-likeness (QED) is 0.642. The largest absolute Gasteiger partial charge is 0.495 e. The van der Waals surface area contributed by atoms with Gasteiger partial charge in [0.05, 0.1) is 12.0 Å². The first-order valence-electron chi connectivity index (χ1n) is 9.46. The van der Waals surface area contributed by atoms with Crippen LogP contribution in [0, 0.1) is 0 Å². The minimum atomic E-state index is -3.74. The number of sulfonamides is 1. The molecule has 1 heterocycles. The van der Waals surface area contributed by atoms with E-state index in [1.165, 1.54) is 23.7 Å². The number of sulfone groups is 1. The van der Waals surface area contributed by atoms with E-state index in [1.807, 2.05) is 0 Å². The van der Waals surface area contributed by atoms with E-state index >= 15 is 0 Å². The predicted octanol–water partition coefficient (Wildman–Crippen LogP) is 2.65. The van der Waals surface area contributed by atoms with Gasteiger partial charge < -0.3 is 4.74 Å². The van der Waals surface area contributed by atoms with Crippen LogP contribution in [-0.2, 0) is 26.4 Å². The minimum Gasteiger partial charge on any atom is -0.495 e. The molecule has 164 valence electrons. The molecule has 0 spiro atoms. The molecule has 0 radical (unpaired) electrons. The van der Waals surface area contributed by atoms with E-state index in [2.05, 4.69) is 4.90 Å². The van der Waals surface area contributed by atoms with Crippen molar-refractivity contribution in [2.45, 2.75) is 22.8 Å². The lowest BCUT2D eigenvalue weighted by Gasteiger charge is -2.22. The Kier molecular flexibility index (Phi) is 7.09. The number of nitrogens with zero attached hydrogens (tertiary/aromatic N) is 2. The molecule has 0 atom stereocenters. The molecule has 3 rings (SSSR count). The van der Waals surface area contributed by atoms with Gasteiger partial charge in [0.2, 0.25) is 10.0 Å². The summed E-state index contributed by atoms with van der Waals surface area (Å²) in [6.45, 7) is 2.68. The van der Waals surface area contributed by atoms with E-state index in [0.29, 0.717) is 37.6 Å². The molecule has 1 aliphatic rings. The van der Waals surface area contributed by atoms with Crippen molar-refractivity contribution >= 4 is 31.5 Å². The van der Waals surface area contributed by atoms with Gasteiger partial charge in [0.25, 0.3) is 0 Å². The third kappa shape index (κ3) is 5.33. The summed E-state index contributed by atoms with van der Waals surface area (Å²) in [6.07, 6.45) is 1.87. The molecule has 2 aromatic rings. The Hall–Kier alpha value is -1.65. The van der Waals surface area contributed by atoms with E-state index in [0.717, 1.165) is 12.1 Å². The van der Waals surface area contributed by atoms with Crippen molar-refractivity contribution in [3.63, 3.8) is 0 Å². The van der Waals surface area contributed by atoms with Crippen molar-refractivity contribution in [2.24, 2.45) is 0 Å². The third-order valence-corrected chi connectivity index (χ3v) is 8.33. The van der Waals surface area contributed by atoms with Gasteiger partial charge in [0.1, 0.15) is 10.6 Å². The standard InChI is InChI=1S/C20H25ClN2O5S2/c1-28-19-9-6-17(21)14-20(19)30(26,27)23-11-3-10-22(12-13-23)15-16-4-7-18(8-5-16)29(2,24)25/h4-9,14H,3,10-13,15H2,1-2H3. The van der Waals surface area contributed by atoms with Crippen molar-refractivity contribution in [1.82, 2.24) is 9.21 Å². The summed E-state index contributed by atoms with van der Waals surface area (Å²) >= 11 is 6.02. The molecule has 30 heavy (non-hydrogen) atoms. The van der Waals surface area contributed by atoms with Crippen LogP contribution in [-0.4, -0.2) is 65.6 Å². The molecule has 0 unspecified atom stereocenters. The Balaban J connectivity index is 1.71. The van der Waals surface area contributed by atoms with Gasteiger partial charge in [0, 0.05) is 37.5 Å². The Labute approximate surface area is 183 Å². The topological polar surface area (TPSA) is 84.0 Å². The average Bonchev–Trinajstić information content (AvgIpc) is 2.94. The molecule has 1 aliphatic heterocycles. The van der Waals surface area contributed by atoms with Gasteiger partial charge in [-0.1, -0.05) is 23.7 Å². The number of hydrogen-bond donors (Lipinski definition) is 0. The Morgan fingerprint density at radius 3 is 2.30 bits per heavy atom. The Morgan fingerprint density at radius 2 is 1.67 bits per heavy atom. The lowest BCUT2D eigenvalue weighted by molar-refractivity contribution is 0.278. The third-order valence-electron chi connectivity index (χ3n) is 5.05. The first-order chi connectivity index (χ1) is 14.1. The van der Waals surface area contributed by atoms with E-state index in [1.54, 1.807) is 36.4 Å². The van der Waals surface area contributed by atoms with Gasteiger partial charge in [0.15, 0.2) is 9.84 Å². The summed E-state index contributed by atoms with van der Waals surface area (Å²) in [4.78, 5) is 2.53. The molecular formula is C20H25ClN2O5S2. The van der Waals surface area contributed by atoms with Crippen LogP contribution in [0.4, 0.5) is 0 Å². The molecule has 0 N–H and O–H groups in total. The van der Waals surface area contributed by atoms with Gasteiger partial charge >= 0.3 is 0 Å². The van der Waals surface area contributed by atoms with Crippen LogP contribution >= 0.6 is 11.6 Å². The molecule has 1 saturated heterocycles. The smallest absolute Gasteiger partial charge is 0.246 e. The highest BCUT2D eigenvalue weighted by molar-refractivity contribution is 7.90. The highest BCUT2D eigenvalue weighted by atomic mass is 35.5. The number of benzene rings is 2. The van der Waals surface area contributed by atoms with Crippen LogP contribution in [0.1, 0.15) is 12.0 Å². The van der Waals surface area contributed by atoms with Crippen molar-refractivity contribution in [3.05, 3.63) is 53.1 Å². The summed E-state index contributed by atoms with van der Waals surface area (Å²) in [5.74, 6) is 0.270. The van der Waals surface area contributed by atoms with Crippen LogP contribution in [0.15, 0.2) is 52.3 Å². The first-order valence-corrected chi connectivity index (χ1v) is 13.2. The molecule has 0 saturated carbocycles. The summed E-state index contributed by atoms with van der Waals surface area (Å²) in [5, 5.41) is 0.336. The zero-order valence-electron chi connectivity index (χ0n) is 16.9. The van der Waals surface area contributed by atoms with Crippen LogP contribution in [0.25, 0.3) is 0 Å². The maximum Gasteiger partial charge on any atom is 0.246 e. The second-order valence-electron chi connectivity index (χ2n) is 7.25. The second-order valence-corrected chi connectivity index (χ2v) is 11.6. The van der Waals surface area contributed by atoms with Gasteiger partial charge in [-0.05, 0) is 48.9 Å². The molecule has 0 amide bonds. The molecular weight excluding hydrogens is 448 g/mol. The highest BCUT2D eigenvalue weighted by Crippen LogP contribution is 2.30. The lowest BCUT2D eigenvalue weighted by Crippen LogP contribution is -2.35. The maximum absolute atomic E-state index is 13.2. The van der Waals surface area contributed by atoms with Crippen LogP contribution in [0.5, 0.6) is 5.75 Å². The van der Waals surface area contributed by atoms with Crippen LogP contribution in [0.3, 0.4) is 0 Å². The fourth-order valence-corrected chi connectivity index (χ4v) is 5.96. The first kappa shape index (κ1) is 23.0. The highest BCUT2D eigenvalue weighted by Gasteiger charge is 2.29. The van der Waals surface area contributed by atoms with Crippen molar-refractivity contribution in [3.8, 4) is 5.75 Å². The number of methoxy groups -OCH3 is 1. The molecule has 10 heteroatoms. The fourth-order valence-electron chi connectivity index (χ4n) is 3.44. The number of ether oxygens (including phenoxy) is 1. The lowest BCUT2D eigenvalue weighted by atomic mass is 10.2. The van der Waals surface area contributed by atoms with E-state index in [4.69, 9.17) is 16.3 Å². The normalized spacial score (nSPS) is 16.9. The van der Waals surface area contributed by atoms with Gasteiger partial charge in [-0.25, -0.2) is 16.8 Å². The van der Waals surface area contributed by atoms with Crippen LogP contribution in [0.2, 0.25) is 5.02 Å². The number of rotatable bonds is 6. The monoisotopic (exact) mass is 472 g/mol. The molecule has 7 nitrogen and oxygen atoms in total. The Morgan fingerprint density at radius 1 is 0.967 bits per heavy atom. The van der Waals surface area contributed by atoms with Crippen molar-refractivity contribution in [2.75, 3.05) is 39.5 Å². The number of hydrogen-bond acceptors (Lipinski definition) is 6. The Bertz CT molecular complexity index is 1100. The SMILES string of the molecule is COc1ccc(Cl)cc1S(=O)(=O)N1CCCN(Cc2ccc(S(C)(=O)=O)cc2)CC1. The average molecular weight is 473 g/mol. The second kappa shape index (κ2) is 9.23. The molecule has 1 fully saturated rings. The summed E-state index contributed by atoms with van der Waals surface area (Å²) in [7, 11) is -5.53. The van der Waals surface area contributed by atoms with E-state index in [9.17, 15) is 16.8 Å². The van der Waals surface area contributed by atoms with Gasteiger partial charge in [-0.15, -0.1) is 0 Å². The maximum atomic E-state index is 13.2. The summed E-state index contributed by atoms with van der Waals surface area (Å²) < 4.78 is 56.3. The molecule has 2 aromatic carbocycles. The summed E-state index contributed by atoms with van der Waals surface area (Å²) in [6, 6.07) is 11.4. The van der Waals surface area contributed by atoms with Crippen molar-refractivity contribution < 1.29 is 21.6 Å². The van der Waals surface area contributed by atoms with Crippen LogP contribution < -0.4 is 4.74 Å². The zero-order chi connectivity index (χ0) is 21.9. The predicted molar refractivity (Wildman–Crippen MR) is 116 cm³/mol. The zero-order valence-corrected chi connectivity index (χ0v) is 19.3. The van der Waals surface area contributed by atoms with Crippen molar-refractivity contribution in [1.29, 1.82) is 0 Å². The van der Waals surface area contributed by atoms with Gasteiger partial charge in [-0.2, -0.15) is 4.31 Å². The minimum absolute atomic E-state index is 0.0716. The summed E-state index contributed by atoms with van der Waals surface area (Å²) in [5.41, 5.74) is 0.982. The van der Waals surface area contributed by atoms with E-state index in [-0.39, 0.29) is 15.5 Å². The fraction of sp³-hybridized carbons (Fsp3) is 0.400. The number of halogens is 1. The van der Waals surface area contributed by atoms with Gasteiger partial charge in [-0.3, -0.25) is 4.90 Å².